The molecule has 0 fully saturated rings. The monoisotopic (exact) mass is 387 g/mol. The summed E-state index contributed by atoms with van der Waals surface area (Å²) in [5, 5.41) is 2.62. The van der Waals surface area contributed by atoms with E-state index in [1.54, 1.807) is 24.3 Å². The molecule has 0 bridgehead atoms. The van der Waals surface area contributed by atoms with E-state index in [2.05, 4.69) is 29.6 Å². The Hall–Kier alpha value is -3.60. The summed E-state index contributed by atoms with van der Waals surface area (Å²) in [4.78, 5) is 24.6. The lowest BCUT2D eigenvalue weighted by Crippen LogP contribution is -2.35. The van der Waals surface area contributed by atoms with Gasteiger partial charge in [-0.15, -0.1) is 0 Å². The lowest BCUT2D eigenvalue weighted by atomic mass is 9.98. The van der Waals surface area contributed by atoms with E-state index in [4.69, 9.17) is 9.47 Å². The van der Waals surface area contributed by atoms with Gasteiger partial charge in [0.2, 0.25) is 0 Å². The molecule has 3 aromatic rings. The molecule has 0 aliphatic heterocycles. The van der Waals surface area contributed by atoms with Crippen LogP contribution in [0.1, 0.15) is 28.7 Å². The Bertz CT molecular complexity index is 986. The minimum Gasteiger partial charge on any atom is -0.467 e. The number of methoxy groups -OCH3 is 1. The number of carbonyl (C=O) groups excluding carboxylic acids is 2. The molecule has 29 heavy (non-hydrogen) atoms. The van der Waals surface area contributed by atoms with Gasteiger partial charge in [-0.25, -0.2) is 9.59 Å². The predicted molar refractivity (Wildman–Crippen MR) is 109 cm³/mol. The van der Waals surface area contributed by atoms with E-state index in [9.17, 15) is 9.59 Å². The highest BCUT2D eigenvalue weighted by Gasteiger charge is 2.30. The van der Waals surface area contributed by atoms with Crippen LogP contribution in [-0.2, 0) is 14.3 Å². The average Bonchev–Trinajstić information content (AvgIpc) is 3.10. The van der Waals surface area contributed by atoms with Gasteiger partial charge in [-0.2, -0.15) is 0 Å². The number of ether oxygens (including phenoxy) is 2. The van der Waals surface area contributed by atoms with Gasteiger partial charge in [0, 0.05) is 5.92 Å². The van der Waals surface area contributed by atoms with Gasteiger partial charge in [0.1, 0.15) is 6.61 Å². The fraction of sp³-hybridized carbons (Fsp3) is 0.167. The lowest BCUT2D eigenvalue weighted by molar-refractivity contribution is -0.143. The molecule has 0 aromatic heterocycles. The van der Waals surface area contributed by atoms with Crippen molar-refractivity contribution in [1.82, 2.24) is 5.32 Å². The molecule has 0 saturated heterocycles. The van der Waals surface area contributed by atoms with Crippen LogP contribution in [0.4, 0.5) is 4.79 Å². The van der Waals surface area contributed by atoms with Gasteiger partial charge in [0.05, 0.1) is 7.11 Å². The van der Waals surface area contributed by atoms with Crippen molar-refractivity contribution in [2.75, 3.05) is 13.7 Å². The predicted octanol–water partition coefficient (Wildman–Crippen LogP) is 4.44. The van der Waals surface area contributed by atoms with Crippen molar-refractivity contribution in [3.05, 3.63) is 95.6 Å². The van der Waals surface area contributed by atoms with Crippen molar-refractivity contribution in [1.29, 1.82) is 0 Å². The van der Waals surface area contributed by atoms with Crippen LogP contribution in [0.15, 0.2) is 78.9 Å². The number of nitrogens with one attached hydrogen (secondary N) is 1. The van der Waals surface area contributed by atoms with Crippen LogP contribution in [0, 0.1) is 0 Å². The Morgan fingerprint density at radius 3 is 2.00 bits per heavy atom. The molecule has 4 rings (SSSR count). The van der Waals surface area contributed by atoms with Gasteiger partial charge in [-0.3, -0.25) is 0 Å². The maximum atomic E-state index is 12.5. The number of hydrogen-bond donors (Lipinski definition) is 1. The summed E-state index contributed by atoms with van der Waals surface area (Å²) in [6.07, 6.45) is -0.661. The molecule has 1 atom stereocenters. The summed E-state index contributed by atoms with van der Waals surface area (Å²) >= 11 is 0. The van der Waals surface area contributed by atoms with E-state index in [0.29, 0.717) is 5.56 Å². The zero-order chi connectivity index (χ0) is 20.2. The minimum atomic E-state index is -0.920. The van der Waals surface area contributed by atoms with Crippen molar-refractivity contribution < 1.29 is 19.1 Å². The van der Waals surface area contributed by atoms with Crippen LogP contribution in [0.5, 0.6) is 0 Å². The highest BCUT2D eigenvalue weighted by molar-refractivity contribution is 5.83. The highest BCUT2D eigenvalue weighted by Crippen LogP contribution is 2.44. The Morgan fingerprint density at radius 1 is 0.862 bits per heavy atom. The summed E-state index contributed by atoms with van der Waals surface area (Å²) < 4.78 is 10.4. The molecular weight excluding hydrogens is 366 g/mol. The van der Waals surface area contributed by atoms with E-state index in [1.807, 2.05) is 30.3 Å². The topological polar surface area (TPSA) is 64.6 Å². The summed E-state index contributed by atoms with van der Waals surface area (Å²) in [5.74, 6) is -0.592. The van der Waals surface area contributed by atoms with Crippen LogP contribution < -0.4 is 5.32 Å². The van der Waals surface area contributed by atoms with Crippen molar-refractivity contribution >= 4 is 12.1 Å². The van der Waals surface area contributed by atoms with Gasteiger partial charge in [-0.05, 0) is 27.8 Å². The largest absolute Gasteiger partial charge is 0.467 e. The third kappa shape index (κ3) is 3.72. The average molecular weight is 387 g/mol. The number of rotatable bonds is 5. The van der Waals surface area contributed by atoms with Crippen LogP contribution in [0.25, 0.3) is 11.1 Å². The molecule has 0 spiro atoms. The number of amides is 1. The molecule has 1 aliphatic carbocycles. The maximum absolute atomic E-state index is 12.5. The Kier molecular flexibility index (Phi) is 5.29. The number of fused-ring (bicyclic) bond motifs is 3. The third-order valence-electron chi connectivity index (χ3n) is 5.18. The van der Waals surface area contributed by atoms with Crippen LogP contribution in [-0.4, -0.2) is 25.8 Å². The lowest BCUT2D eigenvalue weighted by Gasteiger charge is -2.18. The van der Waals surface area contributed by atoms with Gasteiger partial charge < -0.3 is 14.8 Å². The van der Waals surface area contributed by atoms with Crippen molar-refractivity contribution in [3.8, 4) is 11.1 Å². The van der Waals surface area contributed by atoms with Crippen molar-refractivity contribution in [2.24, 2.45) is 0 Å². The molecule has 0 saturated carbocycles. The summed E-state index contributed by atoms with van der Waals surface area (Å²) in [6.45, 7) is 0.183. The molecule has 1 unspecified atom stereocenters. The molecule has 5 heteroatoms. The molecule has 5 nitrogen and oxygen atoms in total. The number of carbonyl (C=O) groups is 2. The molecule has 146 valence electrons. The third-order valence-corrected chi connectivity index (χ3v) is 5.18. The molecular formula is C24H21NO4. The maximum Gasteiger partial charge on any atom is 0.408 e. The summed E-state index contributed by atoms with van der Waals surface area (Å²) in [5.41, 5.74) is 5.22. The Labute approximate surface area is 169 Å². The molecule has 1 amide bonds. The van der Waals surface area contributed by atoms with Crippen LogP contribution in [0.3, 0.4) is 0 Å². The highest BCUT2D eigenvalue weighted by atomic mass is 16.6. The smallest absolute Gasteiger partial charge is 0.408 e. The summed E-state index contributed by atoms with van der Waals surface area (Å²) in [6, 6.07) is 24.3. The standard InChI is InChI=1S/C24H21NO4/c1-28-23(26)22(16-9-3-2-4-10-16)25-24(27)29-15-21-19-13-7-5-11-17(19)18-12-6-8-14-20(18)21/h2-14,21-22H,15H2,1H3,(H,25,27). The van der Waals surface area contributed by atoms with Gasteiger partial charge >= 0.3 is 12.1 Å². The first-order valence-electron chi connectivity index (χ1n) is 9.43. The molecule has 3 aromatic carbocycles. The summed E-state index contributed by atoms with van der Waals surface area (Å²) in [7, 11) is 1.29. The fourth-order valence-corrected chi connectivity index (χ4v) is 3.80. The van der Waals surface area contributed by atoms with E-state index >= 15 is 0 Å². The van der Waals surface area contributed by atoms with Crippen LogP contribution >= 0.6 is 0 Å². The first-order valence-corrected chi connectivity index (χ1v) is 9.43. The molecule has 0 heterocycles. The van der Waals surface area contributed by atoms with E-state index < -0.39 is 18.1 Å². The number of hydrogen-bond acceptors (Lipinski definition) is 4. The number of esters is 1. The van der Waals surface area contributed by atoms with E-state index in [-0.39, 0.29) is 12.5 Å². The number of alkyl carbamates (subject to hydrolysis) is 1. The van der Waals surface area contributed by atoms with Gasteiger partial charge in [-0.1, -0.05) is 78.9 Å². The van der Waals surface area contributed by atoms with Crippen molar-refractivity contribution in [2.45, 2.75) is 12.0 Å². The van der Waals surface area contributed by atoms with Gasteiger partial charge in [0.25, 0.3) is 0 Å². The second kappa shape index (κ2) is 8.19. The fourth-order valence-electron chi connectivity index (χ4n) is 3.80. The van der Waals surface area contributed by atoms with Crippen molar-refractivity contribution in [3.63, 3.8) is 0 Å². The van der Waals surface area contributed by atoms with E-state index in [1.165, 1.54) is 7.11 Å². The van der Waals surface area contributed by atoms with Gasteiger partial charge in [0.15, 0.2) is 6.04 Å². The van der Waals surface area contributed by atoms with Crippen LogP contribution in [0.2, 0.25) is 0 Å². The minimum absolute atomic E-state index is 0.0403. The zero-order valence-electron chi connectivity index (χ0n) is 16.0. The Balaban J connectivity index is 1.49. The molecule has 0 radical (unpaired) electrons. The first-order chi connectivity index (χ1) is 14.2. The second-order valence-electron chi connectivity index (χ2n) is 6.84. The molecule has 1 aliphatic rings. The SMILES string of the molecule is COC(=O)C(NC(=O)OCC1c2ccccc2-c2ccccc21)c1ccccc1. The quantitative estimate of drug-likeness (QED) is 0.658. The van der Waals surface area contributed by atoms with E-state index in [0.717, 1.165) is 22.3 Å². The zero-order valence-corrected chi connectivity index (χ0v) is 16.0. The normalized spacial score (nSPS) is 13.1. The first kappa shape index (κ1) is 18.7. The number of benzene rings is 3. The second-order valence-corrected chi connectivity index (χ2v) is 6.84. The Morgan fingerprint density at radius 2 is 1.41 bits per heavy atom. The molecule has 1 N–H and O–H groups in total.